The van der Waals surface area contributed by atoms with Crippen molar-refractivity contribution in [2.24, 2.45) is 5.16 Å². The predicted molar refractivity (Wildman–Crippen MR) is 63.6 cm³/mol. The van der Waals surface area contributed by atoms with Crippen LogP contribution >= 0.6 is 15.9 Å². The first-order valence-electron chi connectivity index (χ1n) is 4.87. The van der Waals surface area contributed by atoms with E-state index in [2.05, 4.69) is 31.5 Å². The molecule has 1 N–H and O–H groups in total. The molecule has 1 aromatic heterocycles. The largest absolute Gasteiger partial charge is 0.396 e. The van der Waals surface area contributed by atoms with Crippen LogP contribution in [0.15, 0.2) is 15.8 Å². The summed E-state index contributed by atoms with van der Waals surface area (Å²) in [4.78, 5) is 16.2. The number of hydrogen-bond donors (Lipinski definition) is 1. The lowest BCUT2D eigenvalue weighted by atomic mass is 10.5. The smallest absolute Gasteiger partial charge is 0.342 e. The first-order chi connectivity index (χ1) is 7.69. The molecular weight excluding hydrogens is 276 g/mol. The Balaban J connectivity index is 2.77. The topological polar surface area (TPSA) is 68.5 Å². The van der Waals surface area contributed by atoms with Crippen LogP contribution in [0.4, 0.5) is 4.79 Å². The minimum absolute atomic E-state index is 0.278. The van der Waals surface area contributed by atoms with Gasteiger partial charge in [0.25, 0.3) is 0 Å². The number of carbonyl (C=O) groups excluding carboxylic acids is 1. The summed E-state index contributed by atoms with van der Waals surface area (Å²) in [6.45, 7) is 4.72. The van der Waals surface area contributed by atoms with Crippen molar-refractivity contribution < 1.29 is 9.63 Å². The Morgan fingerprint density at radius 2 is 2.50 bits per heavy atom. The number of nitrogens with one attached hydrogen (secondary N) is 1. The zero-order valence-electron chi connectivity index (χ0n) is 9.11. The average molecular weight is 289 g/mol. The van der Waals surface area contributed by atoms with E-state index in [9.17, 15) is 4.79 Å². The van der Waals surface area contributed by atoms with Gasteiger partial charge in [-0.2, -0.15) is 9.78 Å². The quantitative estimate of drug-likeness (QED) is 0.676. The van der Waals surface area contributed by atoms with Gasteiger partial charge in [-0.3, -0.25) is 0 Å². The Kier molecular flexibility index (Phi) is 4.97. The third-order valence-electron chi connectivity index (χ3n) is 1.61. The lowest BCUT2D eigenvalue weighted by Crippen LogP contribution is -2.28. The van der Waals surface area contributed by atoms with E-state index in [1.54, 1.807) is 6.20 Å². The zero-order chi connectivity index (χ0) is 12.0. The van der Waals surface area contributed by atoms with Crippen molar-refractivity contribution in [3.05, 3.63) is 16.4 Å². The van der Waals surface area contributed by atoms with Crippen LogP contribution in [-0.4, -0.2) is 35.2 Å². The minimum atomic E-state index is -0.278. The van der Waals surface area contributed by atoms with Gasteiger partial charge in [0, 0.05) is 6.54 Å². The van der Waals surface area contributed by atoms with Gasteiger partial charge in [-0.25, -0.2) is 4.79 Å². The van der Waals surface area contributed by atoms with Crippen molar-refractivity contribution in [1.29, 1.82) is 0 Å². The second kappa shape index (κ2) is 6.26. The van der Waals surface area contributed by atoms with E-state index in [4.69, 9.17) is 4.84 Å². The molecule has 0 radical (unpaired) electrons. The first-order valence-corrected chi connectivity index (χ1v) is 5.67. The molecule has 0 aromatic carbocycles. The Morgan fingerprint density at radius 3 is 3.12 bits per heavy atom. The normalized spacial score (nSPS) is 10.7. The van der Waals surface area contributed by atoms with Crippen LogP contribution in [0.1, 0.15) is 19.5 Å². The van der Waals surface area contributed by atoms with Gasteiger partial charge in [0.2, 0.25) is 0 Å². The number of rotatable bonds is 4. The fourth-order valence-corrected chi connectivity index (χ4v) is 1.33. The van der Waals surface area contributed by atoms with Crippen molar-refractivity contribution in [2.45, 2.75) is 13.8 Å². The molecule has 0 aliphatic heterocycles. The maximum absolute atomic E-state index is 11.4. The number of hydrogen-bond acceptors (Lipinski definition) is 4. The number of nitrogens with zero attached hydrogens (tertiary/aromatic N) is 3. The van der Waals surface area contributed by atoms with E-state index in [0.717, 1.165) is 0 Å². The highest BCUT2D eigenvalue weighted by Gasteiger charge is 2.09. The van der Waals surface area contributed by atoms with E-state index in [-0.39, 0.29) is 6.03 Å². The zero-order valence-corrected chi connectivity index (χ0v) is 10.7. The van der Waals surface area contributed by atoms with E-state index in [1.165, 1.54) is 10.9 Å². The number of carbonyl (C=O) groups is 1. The molecular formula is C9H13BrN4O2. The van der Waals surface area contributed by atoms with E-state index >= 15 is 0 Å². The van der Waals surface area contributed by atoms with Crippen molar-refractivity contribution in [1.82, 2.24) is 15.1 Å². The molecule has 7 heteroatoms. The van der Waals surface area contributed by atoms with Crippen LogP contribution in [0.3, 0.4) is 0 Å². The van der Waals surface area contributed by atoms with Gasteiger partial charge in [-0.1, -0.05) is 5.16 Å². The second-order valence-electron chi connectivity index (χ2n) is 2.79. The van der Waals surface area contributed by atoms with Gasteiger partial charge in [0.1, 0.15) is 12.3 Å². The first kappa shape index (κ1) is 12.7. The Morgan fingerprint density at radius 1 is 1.75 bits per heavy atom. The van der Waals surface area contributed by atoms with Crippen LogP contribution in [0, 0.1) is 0 Å². The van der Waals surface area contributed by atoms with Crippen molar-refractivity contribution in [3.63, 3.8) is 0 Å². The summed E-state index contributed by atoms with van der Waals surface area (Å²) in [7, 11) is 0. The molecule has 88 valence electrons. The van der Waals surface area contributed by atoms with Gasteiger partial charge < -0.3 is 10.2 Å². The number of halogens is 1. The molecule has 0 unspecified atom stereocenters. The molecule has 1 rings (SSSR count). The molecule has 1 amide bonds. The van der Waals surface area contributed by atoms with Crippen molar-refractivity contribution >= 4 is 28.2 Å². The third kappa shape index (κ3) is 3.34. The summed E-state index contributed by atoms with van der Waals surface area (Å²) in [5.74, 6) is 0. The molecule has 0 bridgehead atoms. The second-order valence-corrected chi connectivity index (χ2v) is 3.65. The molecule has 0 saturated carbocycles. The summed E-state index contributed by atoms with van der Waals surface area (Å²) < 4.78 is 1.89. The summed E-state index contributed by atoms with van der Waals surface area (Å²) in [6.07, 6.45) is 3.02. The monoisotopic (exact) mass is 288 g/mol. The van der Waals surface area contributed by atoms with E-state index < -0.39 is 0 Å². The molecule has 6 nitrogen and oxygen atoms in total. The highest BCUT2D eigenvalue weighted by Crippen LogP contribution is 2.12. The van der Waals surface area contributed by atoms with Gasteiger partial charge >= 0.3 is 6.03 Å². The lowest BCUT2D eigenvalue weighted by molar-refractivity contribution is 0.160. The van der Waals surface area contributed by atoms with Crippen LogP contribution < -0.4 is 5.32 Å². The molecule has 1 heterocycles. The molecule has 16 heavy (non-hydrogen) atoms. The van der Waals surface area contributed by atoms with Crippen molar-refractivity contribution in [3.8, 4) is 0 Å². The standard InChI is InChI=1S/C9H13BrN4O2/c1-3-11-9(15)14-6-7(10)8(13-14)5-12-16-4-2/h5-6H,3-4H2,1-2H3,(H,11,15). The van der Waals surface area contributed by atoms with Crippen LogP contribution in [0.25, 0.3) is 0 Å². The van der Waals surface area contributed by atoms with Gasteiger partial charge in [-0.15, -0.1) is 0 Å². The van der Waals surface area contributed by atoms with Gasteiger partial charge in [-0.05, 0) is 29.8 Å². The van der Waals surface area contributed by atoms with Gasteiger partial charge in [0.05, 0.1) is 16.9 Å². The fraction of sp³-hybridized carbons (Fsp3) is 0.444. The van der Waals surface area contributed by atoms with Crippen LogP contribution in [0.5, 0.6) is 0 Å². The predicted octanol–water partition coefficient (Wildman–Crippen LogP) is 1.59. The Bertz CT molecular complexity index is 389. The summed E-state index contributed by atoms with van der Waals surface area (Å²) in [5.41, 5.74) is 0.541. The Labute approximate surface area is 102 Å². The number of aromatic nitrogens is 2. The van der Waals surface area contributed by atoms with Crippen LogP contribution in [-0.2, 0) is 4.84 Å². The molecule has 0 atom stereocenters. The van der Waals surface area contributed by atoms with E-state index in [0.29, 0.717) is 23.3 Å². The summed E-state index contributed by atoms with van der Waals surface area (Å²) in [6, 6.07) is -0.278. The highest BCUT2D eigenvalue weighted by atomic mass is 79.9. The maximum Gasteiger partial charge on any atom is 0.342 e. The third-order valence-corrected chi connectivity index (χ3v) is 2.22. The minimum Gasteiger partial charge on any atom is -0.396 e. The van der Waals surface area contributed by atoms with Crippen molar-refractivity contribution in [2.75, 3.05) is 13.2 Å². The summed E-state index contributed by atoms with van der Waals surface area (Å²) in [5, 5.41) is 10.3. The maximum atomic E-state index is 11.4. The molecule has 0 spiro atoms. The molecule has 0 fully saturated rings. The average Bonchev–Trinajstić information content (AvgIpc) is 2.61. The van der Waals surface area contributed by atoms with E-state index in [1.807, 2.05) is 13.8 Å². The summed E-state index contributed by atoms with van der Waals surface area (Å²) >= 11 is 3.28. The number of amides is 1. The molecule has 1 aromatic rings. The van der Waals surface area contributed by atoms with Gasteiger partial charge in [0.15, 0.2) is 0 Å². The van der Waals surface area contributed by atoms with Crippen LogP contribution in [0.2, 0.25) is 0 Å². The molecule has 0 aliphatic rings. The lowest BCUT2D eigenvalue weighted by Gasteiger charge is -1.99. The number of oxime groups is 1. The fourth-order valence-electron chi connectivity index (χ4n) is 0.952. The Hall–Kier alpha value is -1.37. The highest BCUT2D eigenvalue weighted by molar-refractivity contribution is 9.10. The molecule has 0 saturated heterocycles. The SMILES string of the molecule is CCNC(=O)n1cc(Br)c(C=NOCC)n1. The molecule has 0 aliphatic carbocycles.